The molecule has 2 aromatic rings. The molecule has 2 aliphatic carbocycles. The Morgan fingerprint density at radius 2 is 1.68 bits per heavy atom. The summed E-state index contributed by atoms with van der Waals surface area (Å²) in [5.41, 5.74) is 8.70. The van der Waals surface area contributed by atoms with Crippen LogP contribution in [0.5, 0.6) is 0 Å². The standard InChI is InChI=1S/C42H54BN3O7/c1-26(2)36(45-38(48)49-7)37(47)46-23-42(24-50-25-51-42)21-34(46)33-20-29(22-44-33)27-10-12-28(13-11-27)30-14-15-32(43-52-39(3,4)40(5,6)53-43)31-16-19-41(35(30)31)17-8-9-18-41/h10-15,22,26,34,36H,8-9,16-21,23-25H2,1-7H3,(H,45,48)/t34-,36-,42?/m0/s1. The van der Waals surface area contributed by atoms with E-state index in [1.807, 2.05) is 24.9 Å². The van der Waals surface area contributed by atoms with Gasteiger partial charge >= 0.3 is 13.2 Å². The molecule has 8 rings (SSSR count). The van der Waals surface area contributed by atoms with E-state index in [-0.39, 0.29) is 48.4 Å². The summed E-state index contributed by atoms with van der Waals surface area (Å²) in [6.07, 6.45) is 9.81. The quantitative estimate of drug-likeness (QED) is 0.334. The number of allylic oxidation sites excluding steroid dienone is 1. The van der Waals surface area contributed by atoms with Crippen LogP contribution in [0.15, 0.2) is 47.6 Å². The van der Waals surface area contributed by atoms with Crippen LogP contribution in [-0.2, 0) is 40.1 Å². The first-order valence-corrected chi connectivity index (χ1v) is 19.5. The summed E-state index contributed by atoms with van der Waals surface area (Å²) < 4.78 is 29.7. The zero-order valence-electron chi connectivity index (χ0n) is 32.4. The van der Waals surface area contributed by atoms with E-state index in [1.54, 1.807) is 0 Å². The van der Waals surface area contributed by atoms with E-state index in [0.717, 1.165) is 23.3 Å². The van der Waals surface area contributed by atoms with Gasteiger partial charge in [-0.25, -0.2) is 4.79 Å². The Morgan fingerprint density at radius 3 is 2.32 bits per heavy atom. The monoisotopic (exact) mass is 723 g/mol. The van der Waals surface area contributed by atoms with Crippen LogP contribution in [0.25, 0.3) is 16.7 Å². The Balaban J connectivity index is 1.04. The van der Waals surface area contributed by atoms with E-state index in [4.69, 9.17) is 28.5 Å². The Kier molecular flexibility index (Phi) is 9.19. The molecule has 0 radical (unpaired) electrons. The van der Waals surface area contributed by atoms with Crippen molar-refractivity contribution < 1.29 is 33.1 Å². The molecular formula is C42H54BN3O7. The maximum absolute atomic E-state index is 14.1. The van der Waals surface area contributed by atoms with Gasteiger partial charge < -0.3 is 33.7 Å². The molecule has 4 fully saturated rings. The van der Waals surface area contributed by atoms with Crippen molar-refractivity contribution in [2.24, 2.45) is 10.9 Å². The van der Waals surface area contributed by atoms with Gasteiger partial charge in [-0.05, 0) is 104 Å². The Bertz CT molecular complexity index is 1820. The number of fused-ring (bicyclic) bond motifs is 2. The molecule has 2 aromatic carbocycles. The van der Waals surface area contributed by atoms with Gasteiger partial charge in [-0.1, -0.05) is 63.1 Å². The zero-order chi connectivity index (χ0) is 37.3. The number of carbonyl (C=O) groups excluding carboxylic acids is 2. The third kappa shape index (κ3) is 6.25. The largest absolute Gasteiger partial charge is 0.495 e. The fraction of sp³-hybridized carbons (Fsp3) is 0.595. The van der Waals surface area contributed by atoms with Crippen LogP contribution in [0, 0.1) is 5.92 Å². The lowest BCUT2D eigenvalue weighted by Gasteiger charge is -2.32. The molecule has 11 heteroatoms. The topological polar surface area (TPSA) is 108 Å². The number of aliphatic imine (C=N–C) groups is 1. The van der Waals surface area contributed by atoms with E-state index in [1.165, 1.54) is 66.9 Å². The van der Waals surface area contributed by atoms with Crippen molar-refractivity contribution in [1.82, 2.24) is 10.2 Å². The van der Waals surface area contributed by atoms with Crippen molar-refractivity contribution in [3.8, 4) is 11.1 Å². The fourth-order valence-electron chi connectivity index (χ4n) is 9.70. The second kappa shape index (κ2) is 13.4. The minimum Gasteiger partial charge on any atom is -0.453 e. The third-order valence-corrected chi connectivity index (χ3v) is 13.4. The lowest BCUT2D eigenvalue weighted by molar-refractivity contribution is -0.135. The first-order valence-electron chi connectivity index (χ1n) is 19.5. The van der Waals surface area contributed by atoms with Crippen molar-refractivity contribution in [3.63, 3.8) is 0 Å². The number of alkyl carbamates (subject to hydrolysis) is 1. The molecule has 2 spiro atoms. The van der Waals surface area contributed by atoms with Gasteiger partial charge in [0.2, 0.25) is 5.91 Å². The second-order valence-electron chi connectivity index (χ2n) is 17.5. The van der Waals surface area contributed by atoms with Crippen molar-refractivity contribution in [3.05, 3.63) is 59.3 Å². The fourth-order valence-corrected chi connectivity index (χ4v) is 9.70. The number of ether oxygens (including phenoxy) is 3. The van der Waals surface area contributed by atoms with Crippen molar-refractivity contribution >= 4 is 35.9 Å². The van der Waals surface area contributed by atoms with Gasteiger partial charge in [0.05, 0.1) is 37.5 Å². The molecule has 53 heavy (non-hydrogen) atoms. The maximum Gasteiger partial charge on any atom is 0.495 e. The summed E-state index contributed by atoms with van der Waals surface area (Å²) in [5, 5.41) is 2.75. The van der Waals surface area contributed by atoms with Gasteiger partial charge in [0.1, 0.15) is 18.4 Å². The van der Waals surface area contributed by atoms with E-state index < -0.39 is 17.7 Å². The Morgan fingerprint density at radius 1 is 0.981 bits per heavy atom. The van der Waals surface area contributed by atoms with Gasteiger partial charge in [-0.15, -0.1) is 0 Å². The Labute approximate surface area is 314 Å². The molecule has 0 aromatic heterocycles. The van der Waals surface area contributed by atoms with Gasteiger partial charge in [0.15, 0.2) is 0 Å². The molecular weight excluding hydrogens is 669 g/mol. The average molecular weight is 724 g/mol. The van der Waals surface area contributed by atoms with Crippen LogP contribution < -0.4 is 10.8 Å². The average Bonchev–Trinajstić information content (AvgIpc) is 4.00. The number of amides is 2. The molecule has 1 saturated carbocycles. The smallest absolute Gasteiger partial charge is 0.453 e. The first kappa shape index (κ1) is 36.5. The van der Waals surface area contributed by atoms with Crippen LogP contribution in [0.1, 0.15) is 103 Å². The van der Waals surface area contributed by atoms with Gasteiger partial charge in [0, 0.05) is 24.8 Å². The number of nitrogens with one attached hydrogen (secondary N) is 1. The molecule has 1 N–H and O–H groups in total. The minimum atomic E-state index is -0.736. The molecule has 282 valence electrons. The predicted molar refractivity (Wildman–Crippen MR) is 205 cm³/mol. The molecule has 1 unspecified atom stereocenters. The lowest BCUT2D eigenvalue weighted by atomic mass is 9.70. The number of benzene rings is 2. The summed E-state index contributed by atoms with van der Waals surface area (Å²) in [7, 11) is 0.943. The van der Waals surface area contributed by atoms with Crippen molar-refractivity contribution in [2.75, 3.05) is 27.1 Å². The number of carbonyl (C=O) groups is 2. The zero-order valence-corrected chi connectivity index (χ0v) is 32.4. The van der Waals surface area contributed by atoms with E-state index in [9.17, 15) is 9.59 Å². The number of rotatable bonds is 7. The number of hydrogen-bond donors (Lipinski definition) is 1. The van der Waals surface area contributed by atoms with Crippen LogP contribution in [0.2, 0.25) is 0 Å². The van der Waals surface area contributed by atoms with Gasteiger partial charge in [-0.2, -0.15) is 0 Å². The van der Waals surface area contributed by atoms with Gasteiger partial charge in [-0.3, -0.25) is 9.79 Å². The van der Waals surface area contributed by atoms with Gasteiger partial charge in [0.25, 0.3) is 0 Å². The molecule has 4 aliphatic heterocycles. The number of methoxy groups -OCH3 is 1. The highest BCUT2D eigenvalue weighted by Crippen LogP contribution is 2.53. The number of nitrogens with zero attached hydrogens (tertiary/aromatic N) is 2. The predicted octanol–water partition coefficient (Wildman–Crippen LogP) is 6.32. The van der Waals surface area contributed by atoms with Crippen LogP contribution in [0.4, 0.5) is 4.79 Å². The van der Waals surface area contributed by atoms with Crippen molar-refractivity contribution in [2.45, 2.75) is 127 Å². The molecule has 0 bridgehead atoms. The summed E-state index contributed by atoms with van der Waals surface area (Å²) in [5.74, 6) is -0.303. The number of likely N-dealkylation sites (tertiary alicyclic amines) is 1. The highest BCUT2D eigenvalue weighted by Gasteiger charge is 2.55. The molecule has 2 amide bonds. The molecule has 3 saturated heterocycles. The summed E-state index contributed by atoms with van der Waals surface area (Å²) in [4.78, 5) is 33.0. The molecule has 3 atom stereocenters. The van der Waals surface area contributed by atoms with E-state index >= 15 is 0 Å². The van der Waals surface area contributed by atoms with Crippen LogP contribution >= 0.6 is 0 Å². The Hall–Kier alpha value is -3.51. The number of hydrogen-bond acceptors (Lipinski definition) is 8. The second-order valence-corrected chi connectivity index (χ2v) is 17.5. The summed E-state index contributed by atoms with van der Waals surface area (Å²) in [6, 6.07) is 12.5. The third-order valence-electron chi connectivity index (χ3n) is 13.4. The summed E-state index contributed by atoms with van der Waals surface area (Å²) >= 11 is 0. The highest BCUT2D eigenvalue weighted by molar-refractivity contribution is 6.62. The minimum absolute atomic E-state index is 0.137. The normalized spacial score (nSPS) is 27.1. The molecule has 6 aliphatic rings. The maximum atomic E-state index is 14.1. The molecule has 10 nitrogen and oxygen atoms in total. The van der Waals surface area contributed by atoms with Crippen LogP contribution in [-0.4, -0.2) is 85.7 Å². The highest BCUT2D eigenvalue weighted by atomic mass is 16.7. The van der Waals surface area contributed by atoms with Crippen LogP contribution in [0.3, 0.4) is 0 Å². The first-order chi connectivity index (χ1) is 25.3. The van der Waals surface area contributed by atoms with E-state index in [0.29, 0.717) is 26.0 Å². The van der Waals surface area contributed by atoms with E-state index in [2.05, 4.69) is 69.4 Å². The lowest BCUT2D eigenvalue weighted by Crippen LogP contribution is -2.54. The molecule has 4 heterocycles. The van der Waals surface area contributed by atoms with Crippen molar-refractivity contribution in [1.29, 1.82) is 0 Å². The summed E-state index contributed by atoms with van der Waals surface area (Å²) in [6.45, 7) is 13.3. The SMILES string of the molecule is COC(=O)N[C@H](C(=O)N1CC2(COCO2)C[C@H]1C1=NC=C(c2ccc(-c3ccc(B4OC(C)(C)C(C)(C)O4)c4c3C3(CCCC3)CC4)cc2)C1)C(C)C.